The zero-order valence-electron chi connectivity index (χ0n) is 9.95. The predicted molar refractivity (Wildman–Crippen MR) is 64.4 cm³/mol. The summed E-state index contributed by atoms with van der Waals surface area (Å²) in [5.74, 6) is -0.787. The molecule has 0 bridgehead atoms. The summed E-state index contributed by atoms with van der Waals surface area (Å²) in [6.45, 7) is 1.92. The van der Waals surface area contributed by atoms with Gasteiger partial charge in [0.2, 0.25) is 5.95 Å². The van der Waals surface area contributed by atoms with Crippen LogP contribution in [0.2, 0.25) is 0 Å². The average Bonchev–Trinajstić information content (AvgIpc) is 2.38. The Labute approximate surface area is 101 Å². The van der Waals surface area contributed by atoms with Crippen molar-refractivity contribution in [3.8, 4) is 0 Å². The molecular formula is C14H16FNO. The Hall–Kier alpha value is -1.51. The van der Waals surface area contributed by atoms with Crippen molar-refractivity contribution in [3.05, 3.63) is 41.5 Å². The van der Waals surface area contributed by atoms with Crippen molar-refractivity contribution in [2.24, 2.45) is 5.92 Å². The molecule has 1 unspecified atom stereocenters. The maximum atomic E-state index is 13.7. The molecular weight excluding hydrogens is 217 g/mol. The molecule has 2 nitrogen and oxygen atoms in total. The van der Waals surface area contributed by atoms with E-state index in [0.717, 1.165) is 24.8 Å². The van der Waals surface area contributed by atoms with Gasteiger partial charge in [-0.2, -0.15) is 4.39 Å². The second-order valence-electron chi connectivity index (χ2n) is 4.34. The molecule has 90 valence electrons. The monoisotopic (exact) mass is 233 g/mol. The van der Waals surface area contributed by atoms with Gasteiger partial charge < -0.3 is 0 Å². The minimum absolute atomic E-state index is 0.0796. The number of aromatic nitrogens is 1. The number of carbonyl (C=O) groups excluding carboxylic acids is 1. The summed E-state index contributed by atoms with van der Waals surface area (Å²) in [5, 5.41) is 0. The highest BCUT2D eigenvalue weighted by molar-refractivity contribution is 5.99. The lowest BCUT2D eigenvalue weighted by molar-refractivity contribution is 0.0906. The first-order valence-corrected chi connectivity index (χ1v) is 6.06. The molecule has 0 aliphatic heterocycles. The number of rotatable bonds is 3. The van der Waals surface area contributed by atoms with Gasteiger partial charge in [0.05, 0.1) is 5.56 Å². The summed E-state index contributed by atoms with van der Waals surface area (Å²) in [4.78, 5) is 15.9. The van der Waals surface area contributed by atoms with Crippen molar-refractivity contribution in [1.29, 1.82) is 0 Å². The number of Topliss-reactive ketones (excluding diaryl/α,β-unsaturated/α-hetero) is 1. The number of hydrogen-bond acceptors (Lipinski definition) is 2. The molecule has 1 aliphatic carbocycles. The van der Waals surface area contributed by atoms with Crippen molar-refractivity contribution in [2.45, 2.75) is 32.6 Å². The Morgan fingerprint density at radius 2 is 2.35 bits per heavy atom. The van der Waals surface area contributed by atoms with E-state index in [1.165, 1.54) is 6.20 Å². The molecule has 0 aromatic carbocycles. The van der Waals surface area contributed by atoms with Crippen LogP contribution in [0.15, 0.2) is 24.4 Å². The molecule has 0 spiro atoms. The Morgan fingerprint density at radius 1 is 1.53 bits per heavy atom. The van der Waals surface area contributed by atoms with Crippen LogP contribution in [0.3, 0.4) is 0 Å². The third-order valence-electron chi connectivity index (χ3n) is 3.26. The van der Waals surface area contributed by atoms with E-state index in [-0.39, 0.29) is 17.3 Å². The minimum atomic E-state index is -0.621. The zero-order chi connectivity index (χ0) is 12.3. The quantitative estimate of drug-likeness (QED) is 0.455. The molecule has 17 heavy (non-hydrogen) atoms. The Bertz CT molecular complexity index is 454. The third-order valence-corrected chi connectivity index (χ3v) is 3.26. The minimum Gasteiger partial charge on any atom is -0.294 e. The zero-order valence-corrected chi connectivity index (χ0v) is 9.95. The van der Waals surface area contributed by atoms with Crippen molar-refractivity contribution in [1.82, 2.24) is 4.98 Å². The van der Waals surface area contributed by atoms with E-state index in [2.05, 4.69) is 11.1 Å². The van der Waals surface area contributed by atoms with E-state index in [9.17, 15) is 9.18 Å². The number of nitrogens with zero attached hydrogens (tertiary/aromatic N) is 1. The number of allylic oxidation sites excluding steroid dienone is 2. The van der Waals surface area contributed by atoms with Crippen molar-refractivity contribution in [2.75, 3.05) is 0 Å². The maximum absolute atomic E-state index is 13.7. The number of aryl methyl sites for hydroxylation is 1. The largest absolute Gasteiger partial charge is 0.294 e. The van der Waals surface area contributed by atoms with E-state index >= 15 is 0 Å². The van der Waals surface area contributed by atoms with E-state index < -0.39 is 5.95 Å². The molecule has 1 atom stereocenters. The molecule has 0 saturated carbocycles. The van der Waals surface area contributed by atoms with Crippen LogP contribution in [0.1, 0.15) is 42.1 Å². The molecule has 0 N–H and O–H groups in total. The Kier molecular flexibility index (Phi) is 3.67. The van der Waals surface area contributed by atoms with Crippen LogP contribution >= 0.6 is 0 Å². The van der Waals surface area contributed by atoms with Crippen LogP contribution in [0, 0.1) is 11.9 Å². The van der Waals surface area contributed by atoms with E-state index in [0.29, 0.717) is 6.42 Å². The molecule has 1 aromatic heterocycles. The van der Waals surface area contributed by atoms with Crippen molar-refractivity contribution >= 4 is 5.78 Å². The number of hydrogen-bond donors (Lipinski definition) is 0. The van der Waals surface area contributed by atoms with Gasteiger partial charge in [-0.15, -0.1) is 0 Å². The van der Waals surface area contributed by atoms with Crippen LogP contribution in [-0.4, -0.2) is 10.8 Å². The van der Waals surface area contributed by atoms with Gasteiger partial charge in [-0.25, -0.2) is 4.98 Å². The molecule has 0 radical (unpaired) electrons. The molecule has 1 heterocycles. The first-order chi connectivity index (χ1) is 8.24. The SMILES string of the molecule is CCc1ccnc(F)c1C(=O)C1CC=CCC1. The molecule has 2 rings (SSSR count). The lowest BCUT2D eigenvalue weighted by Crippen LogP contribution is -2.19. The van der Waals surface area contributed by atoms with E-state index in [4.69, 9.17) is 0 Å². The number of ketones is 1. The van der Waals surface area contributed by atoms with Gasteiger partial charge >= 0.3 is 0 Å². The standard InChI is InChI=1S/C14H16FNO/c1-2-10-8-9-16-14(15)12(10)13(17)11-6-4-3-5-7-11/h3-4,8-9,11H,2,5-7H2,1H3. The summed E-state index contributed by atoms with van der Waals surface area (Å²) in [6.07, 6.45) is 8.59. The van der Waals surface area contributed by atoms with E-state index in [1.807, 2.05) is 13.0 Å². The third kappa shape index (κ3) is 2.43. The summed E-state index contributed by atoms with van der Waals surface area (Å²) in [6, 6.07) is 1.73. The fourth-order valence-electron chi connectivity index (χ4n) is 2.26. The summed E-state index contributed by atoms with van der Waals surface area (Å²) in [5.41, 5.74) is 0.965. The predicted octanol–water partition coefficient (Wildman–Crippen LogP) is 3.32. The lowest BCUT2D eigenvalue weighted by atomic mass is 9.86. The fraction of sp³-hybridized carbons (Fsp3) is 0.429. The highest BCUT2D eigenvalue weighted by Gasteiger charge is 2.25. The highest BCUT2D eigenvalue weighted by Crippen LogP contribution is 2.25. The topological polar surface area (TPSA) is 30.0 Å². The van der Waals surface area contributed by atoms with Gasteiger partial charge in [0.15, 0.2) is 5.78 Å². The summed E-state index contributed by atoms with van der Waals surface area (Å²) >= 11 is 0. The molecule has 3 heteroatoms. The first kappa shape index (κ1) is 12.0. The van der Waals surface area contributed by atoms with Gasteiger partial charge in [0.25, 0.3) is 0 Å². The Morgan fingerprint density at radius 3 is 3.00 bits per heavy atom. The Balaban J connectivity index is 2.32. The van der Waals surface area contributed by atoms with Gasteiger partial charge in [-0.1, -0.05) is 19.1 Å². The molecule has 0 amide bonds. The second-order valence-corrected chi connectivity index (χ2v) is 4.34. The van der Waals surface area contributed by atoms with Gasteiger partial charge in [-0.05, 0) is 37.3 Å². The maximum Gasteiger partial charge on any atom is 0.223 e. The van der Waals surface area contributed by atoms with Crippen LogP contribution in [0.5, 0.6) is 0 Å². The number of pyridine rings is 1. The van der Waals surface area contributed by atoms with E-state index in [1.54, 1.807) is 6.07 Å². The van der Waals surface area contributed by atoms with Crippen LogP contribution in [0.25, 0.3) is 0 Å². The summed E-state index contributed by atoms with van der Waals surface area (Å²) in [7, 11) is 0. The second kappa shape index (κ2) is 5.21. The van der Waals surface area contributed by atoms with Crippen molar-refractivity contribution < 1.29 is 9.18 Å². The number of carbonyl (C=O) groups is 1. The lowest BCUT2D eigenvalue weighted by Gasteiger charge is -2.18. The van der Waals surface area contributed by atoms with Gasteiger partial charge in [0.1, 0.15) is 0 Å². The fourth-order valence-corrected chi connectivity index (χ4v) is 2.26. The van der Waals surface area contributed by atoms with Gasteiger partial charge in [0, 0.05) is 12.1 Å². The average molecular weight is 233 g/mol. The van der Waals surface area contributed by atoms with Crippen molar-refractivity contribution in [3.63, 3.8) is 0 Å². The molecule has 0 saturated heterocycles. The molecule has 1 aromatic rings. The van der Waals surface area contributed by atoms with Crippen LogP contribution < -0.4 is 0 Å². The van der Waals surface area contributed by atoms with Crippen LogP contribution in [0.4, 0.5) is 4.39 Å². The molecule has 1 aliphatic rings. The van der Waals surface area contributed by atoms with Gasteiger partial charge in [-0.3, -0.25) is 4.79 Å². The normalized spacial score (nSPS) is 19.3. The first-order valence-electron chi connectivity index (χ1n) is 6.06. The smallest absolute Gasteiger partial charge is 0.223 e. The van der Waals surface area contributed by atoms with Crippen LogP contribution in [-0.2, 0) is 6.42 Å². The number of halogens is 1. The summed E-state index contributed by atoms with van der Waals surface area (Å²) < 4.78 is 13.7. The highest BCUT2D eigenvalue weighted by atomic mass is 19.1. The molecule has 0 fully saturated rings.